The van der Waals surface area contributed by atoms with Crippen molar-refractivity contribution in [1.29, 1.82) is 0 Å². The third-order valence-electron chi connectivity index (χ3n) is 1.93. The first-order chi connectivity index (χ1) is 6.06. The van der Waals surface area contributed by atoms with E-state index in [0.29, 0.717) is 12.5 Å². The Labute approximate surface area is 90.5 Å². The van der Waals surface area contributed by atoms with E-state index in [-0.39, 0.29) is 5.56 Å². The zero-order valence-electron chi connectivity index (χ0n) is 8.06. The highest BCUT2D eigenvalue weighted by atomic mass is 35.6. The maximum atomic E-state index is 6.28. The van der Waals surface area contributed by atoms with E-state index in [0.717, 1.165) is 6.04 Å². The van der Waals surface area contributed by atoms with Gasteiger partial charge in [-0.05, 0) is 19.8 Å². The van der Waals surface area contributed by atoms with Gasteiger partial charge in [-0.25, -0.2) is 0 Å². The Morgan fingerprint density at radius 3 is 2.54 bits per heavy atom. The van der Waals surface area contributed by atoms with Gasteiger partial charge in [0.2, 0.25) is 0 Å². The number of rotatable bonds is 6. The zero-order valence-corrected chi connectivity index (χ0v) is 10.6. The van der Waals surface area contributed by atoms with Crippen molar-refractivity contribution in [2.45, 2.75) is 38.3 Å². The van der Waals surface area contributed by atoms with Gasteiger partial charge < -0.3 is 8.85 Å². The maximum Gasteiger partial charge on any atom is 0.444 e. The summed E-state index contributed by atoms with van der Waals surface area (Å²) in [5, 5.41) is 0. The molecule has 1 fully saturated rings. The van der Waals surface area contributed by atoms with Gasteiger partial charge in [0.05, 0.1) is 0 Å². The number of hydrogen-bond acceptors (Lipinski definition) is 2. The van der Waals surface area contributed by atoms with Crippen LogP contribution in [0.25, 0.3) is 0 Å². The van der Waals surface area contributed by atoms with Crippen LogP contribution >= 0.6 is 22.7 Å². The molecule has 1 saturated carbocycles. The van der Waals surface area contributed by atoms with Gasteiger partial charge in [-0.15, -0.1) is 0 Å². The zero-order chi connectivity index (χ0) is 9.90. The molecule has 1 aliphatic carbocycles. The second-order valence-electron chi connectivity index (χ2n) is 3.40. The molecule has 2 atom stereocenters. The summed E-state index contributed by atoms with van der Waals surface area (Å²) in [7, 11) is -2.47. The summed E-state index contributed by atoms with van der Waals surface area (Å²) < 4.78 is 11.0. The topological polar surface area (TPSA) is 18.5 Å². The Kier molecular flexibility index (Phi) is 4.52. The second-order valence-corrected chi connectivity index (χ2v) is 8.00. The van der Waals surface area contributed by atoms with E-state index >= 15 is 0 Å². The average molecular weight is 243 g/mol. The van der Waals surface area contributed by atoms with E-state index in [1.807, 2.05) is 6.92 Å². The van der Waals surface area contributed by atoms with Gasteiger partial charge >= 0.3 is 7.87 Å². The quantitative estimate of drug-likeness (QED) is 0.405. The van der Waals surface area contributed by atoms with Crippen LogP contribution in [-0.4, -0.2) is 20.0 Å². The molecule has 0 radical (unpaired) electrons. The molecule has 2 nitrogen and oxygen atoms in total. The lowest BCUT2D eigenvalue weighted by Crippen LogP contribution is -2.38. The van der Waals surface area contributed by atoms with Crippen LogP contribution in [0.1, 0.15) is 26.7 Å². The van der Waals surface area contributed by atoms with Gasteiger partial charge in [-0.1, -0.05) is 35.5 Å². The molecule has 78 valence electrons. The van der Waals surface area contributed by atoms with Crippen LogP contribution in [0, 0.1) is 5.92 Å². The highest BCUT2D eigenvalue weighted by Crippen LogP contribution is 2.39. The minimum absolute atomic E-state index is 0.352. The molecular formula is C8H16Cl2O2Si. The molecule has 0 spiro atoms. The Morgan fingerprint density at radius 2 is 2.15 bits per heavy atom. The summed E-state index contributed by atoms with van der Waals surface area (Å²) in [5.41, 5.74) is -0.352. The first-order valence-electron chi connectivity index (χ1n) is 4.70. The summed E-state index contributed by atoms with van der Waals surface area (Å²) in [5.74, 6) is 0.714. The Morgan fingerprint density at radius 1 is 1.54 bits per heavy atom. The predicted octanol–water partition coefficient (Wildman–Crippen LogP) is 3.21. The molecule has 0 N–H and O–H groups in total. The number of halogens is 2. The maximum absolute atomic E-state index is 6.28. The van der Waals surface area contributed by atoms with E-state index in [4.69, 9.17) is 31.5 Å². The number of alkyl halides is 1. The van der Waals surface area contributed by atoms with E-state index in [1.165, 1.54) is 12.8 Å². The van der Waals surface area contributed by atoms with Crippen molar-refractivity contribution >= 4 is 30.6 Å². The molecule has 2 unspecified atom stereocenters. The largest absolute Gasteiger partial charge is 0.444 e. The minimum atomic E-state index is -2.47. The van der Waals surface area contributed by atoms with Crippen molar-refractivity contribution in [3.63, 3.8) is 0 Å². The first-order valence-corrected chi connectivity index (χ1v) is 8.17. The molecule has 1 aliphatic rings. The fourth-order valence-electron chi connectivity index (χ4n) is 1.27. The summed E-state index contributed by atoms with van der Waals surface area (Å²) in [4.78, 5) is 0. The third kappa shape index (κ3) is 4.65. The minimum Gasteiger partial charge on any atom is -0.383 e. The van der Waals surface area contributed by atoms with Crippen LogP contribution in [0.2, 0.25) is 6.04 Å². The normalized spacial score (nSPS) is 24.0. The fraction of sp³-hybridized carbons (Fsp3) is 1.00. The molecule has 1 rings (SSSR count). The molecule has 0 saturated heterocycles. The summed E-state index contributed by atoms with van der Waals surface area (Å²) in [6.45, 7) is 4.31. The van der Waals surface area contributed by atoms with E-state index in [9.17, 15) is 0 Å². The Hall–Kier alpha value is 0.717. The predicted molar refractivity (Wildman–Crippen MR) is 57.2 cm³/mol. The summed E-state index contributed by atoms with van der Waals surface area (Å²) in [6, 6.07) is 0.874. The lowest BCUT2D eigenvalue weighted by molar-refractivity contribution is 0.183. The van der Waals surface area contributed by atoms with Crippen LogP contribution in [-0.2, 0) is 8.85 Å². The molecule has 0 aromatic heterocycles. The average Bonchev–Trinajstić information content (AvgIpc) is 2.68. The summed E-state index contributed by atoms with van der Waals surface area (Å²) in [6.07, 6.45) is 2.52. The van der Waals surface area contributed by atoms with Gasteiger partial charge in [-0.3, -0.25) is 0 Å². The number of hydrogen-bond donors (Lipinski definition) is 0. The van der Waals surface area contributed by atoms with Gasteiger partial charge in [-0.2, -0.15) is 0 Å². The standard InChI is InChI=1S/C8H16Cl2O2Si/c1-3-11-13(10,12-7(2)9)6-8-4-5-8/h7-8H,3-6H2,1-2H3. The Bertz CT molecular complexity index is 158. The van der Waals surface area contributed by atoms with Gasteiger partial charge in [0.25, 0.3) is 0 Å². The van der Waals surface area contributed by atoms with Crippen LogP contribution in [0.3, 0.4) is 0 Å². The van der Waals surface area contributed by atoms with Crippen molar-refractivity contribution in [3.8, 4) is 0 Å². The van der Waals surface area contributed by atoms with Crippen LogP contribution in [0.15, 0.2) is 0 Å². The molecular weight excluding hydrogens is 227 g/mol. The lowest BCUT2D eigenvalue weighted by atomic mass is 10.5. The molecule has 0 amide bonds. The molecule has 0 aliphatic heterocycles. The van der Waals surface area contributed by atoms with Crippen LogP contribution in [0.4, 0.5) is 0 Å². The smallest absolute Gasteiger partial charge is 0.383 e. The van der Waals surface area contributed by atoms with Crippen molar-refractivity contribution in [2.75, 3.05) is 6.61 Å². The van der Waals surface area contributed by atoms with E-state index < -0.39 is 7.87 Å². The fourth-order valence-corrected chi connectivity index (χ4v) is 5.51. The molecule has 0 bridgehead atoms. The van der Waals surface area contributed by atoms with Gasteiger partial charge in [0.1, 0.15) is 5.56 Å². The van der Waals surface area contributed by atoms with Crippen molar-refractivity contribution < 1.29 is 8.85 Å². The van der Waals surface area contributed by atoms with E-state index in [2.05, 4.69) is 0 Å². The molecule has 13 heavy (non-hydrogen) atoms. The van der Waals surface area contributed by atoms with Gasteiger partial charge in [0.15, 0.2) is 0 Å². The lowest BCUT2D eigenvalue weighted by Gasteiger charge is -2.24. The van der Waals surface area contributed by atoms with E-state index in [1.54, 1.807) is 6.92 Å². The van der Waals surface area contributed by atoms with Crippen molar-refractivity contribution in [2.24, 2.45) is 5.92 Å². The third-order valence-corrected chi connectivity index (χ3v) is 5.71. The first kappa shape index (κ1) is 11.8. The SMILES string of the molecule is CCO[Si](Cl)(CC1CC1)OC(C)Cl. The second kappa shape index (κ2) is 4.98. The molecule has 5 heteroatoms. The monoisotopic (exact) mass is 242 g/mol. The Balaban J connectivity index is 2.39. The van der Waals surface area contributed by atoms with Crippen molar-refractivity contribution in [1.82, 2.24) is 0 Å². The van der Waals surface area contributed by atoms with Crippen molar-refractivity contribution in [3.05, 3.63) is 0 Å². The highest BCUT2D eigenvalue weighted by molar-refractivity contribution is 7.13. The molecule has 0 heterocycles. The molecule has 0 aromatic carbocycles. The highest BCUT2D eigenvalue weighted by Gasteiger charge is 2.42. The van der Waals surface area contributed by atoms with Gasteiger partial charge in [0, 0.05) is 12.7 Å². The van der Waals surface area contributed by atoms with Crippen LogP contribution in [0.5, 0.6) is 0 Å². The van der Waals surface area contributed by atoms with Crippen LogP contribution < -0.4 is 0 Å². The molecule has 0 aromatic rings. The summed E-state index contributed by atoms with van der Waals surface area (Å²) >= 11 is 12.0.